The zero-order chi connectivity index (χ0) is 19.3. The average Bonchev–Trinajstić information content (AvgIpc) is 3.32. The van der Waals surface area contributed by atoms with Gasteiger partial charge in [-0.2, -0.15) is 0 Å². The summed E-state index contributed by atoms with van der Waals surface area (Å²) < 4.78 is 5.78. The van der Waals surface area contributed by atoms with Crippen LogP contribution in [0.3, 0.4) is 0 Å². The summed E-state index contributed by atoms with van der Waals surface area (Å²) in [6.45, 7) is 7.28. The van der Waals surface area contributed by atoms with Crippen molar-refractivity contribution in [1.82, 2.24) is 25.6 Å². The number of aromatic amines is 1. The van der Waals surface area contributed by atoms with Crippen LogP contribution in [0, 0.1) is 0 Å². The van der Waals surface area contributed by atoms with Crippen LogP contribution in [0.5, 0.6) is 0 Å². The number of rotatable bonds is 5. The maximum Gasteiger partial charge on any atom is 0.213 e. The van der Waals surface area contributed by atoms with Crippen LogP contribution in [0.4, 0.5) is 0 Å². The van der Waals surface area contributed by atoms with Gasteiger partial charge in [-0.15, -0.1) is 0 Å². The summed E-state index contributed by atoms with van der Waals surface area (Å²) >= 11 is 0. The van der Waals surface area contributed by atoms with Gasteiger partial charge in [0.1, 0.15) is 11.6 Å². The molecule has 0 aliphatic carbocycles. The Morgan fingerprint density at radius 1 is 1.07 bits per heavy atom. The molecular weight excluding hydrogens is 340 g/mol. The maximum atomic E-state index is 5.78. The number of hydrogen-bond acceptors (Lipinski definition) is 4. The van der Waals surface area contributed by atoms with Crippen molar-refractivity contribution in [1.29, 1.82) is 0 Å². The highest BCUT2D eigenvalue weighted by Gasteiger charge is 2.19. The van der Waals surface area contributed by atoms with Crippen molar-refractivity contribution in [3.05, 3.63) is 60.2 Å². The molecule has 7 nitrogen and oxygen atoms in total. The minimum atomic E-state index is -0.0546. The molecule has 2 heterocycles. The number of oxazole rings is 1. The van der Waals surface area contributed by atoms with Gasteiger partial charge in [-0.3, -0.25) is 4.99 Å². The lowest BCUT2D eigenvalue weighted by atomic mass is 9.94. The number of hydrogen-bond donors (Lipinski definition) is 3. The number of guanidine groups is 1. The summed E-state index contributed by atoms with van der Waals surface area (Å²) in [5, 5.41) is 6.43. The molecule has 3 N–H and O–H groups in total. The van der Waals surface area contributed by atoms with E-state index in [1.165, 1.54) is 0 Å². The summed E-state index contributed by atoms with van der Waals surface area (Å²) in [5.41, 5.74) is 2.04. The minimum Gasteiger partial charge on any atom is -0.443 e. The molecule has 0 saturated heterocycles. The first kappa shape index (κ1) is 18.7. The Hall–Kier alpha value is -3.09. The van der Waals surface area contributed by atoms with Gasteiger partial charge in [0.15, 0.2) is 5.96 Å². The van der Waals surface area contributed by atoms with E-state index in [0.717, 1.165) is 22.8 Å². The van der Waals surface area contributed by atoms with Crippen LogP contribution in [0.15, 0.2) is 52.1 Å². The molecule has 0 aliphatic heterocycles. The van der Waals surface area contributed by atoms with Crippen molar-refractivity contribution >= 4 is 5.96 Å². The summed E-state index contributed by atoms with van der Waals surface area (Å²) in [5.74, 6) is 2.99. The molecule has 3 rings (SSSR count). The lowest BCUT2D eigenvalue weighted by Crippen LogP contribution is -2.36. The predicted molar refractivity (Wildman–Crippen MR) is 106 cm³/mol. The quantitative estimate of drug-likeness (QED) is 0.476. The Morgan fingerprint density at radius 3 is 2.48 bits per heavy atom. The Morgan fingerprint density at radius 2 is 1.81 bits per heavy atom. The highest BCUT2D eigenvalue weighted by atomic mass is 16.4. The van der Waals surface area contributed by atoms with E-state index in [2.05, 4.69) is 51.3 Å². The monoisotopic (exact) mass is 366 g/mol. The zero-order valence-corrected chi connectivity index (χ0v) is 16.2. The van der Waals surface area contributed by atoms with Gasteiger partial charge in [0, 0.05) is 12.5 Å². The molecule has 3 aromatic rings. The zero-order valence-electron chi connectivity index (χ0n) is 16.2. The molecule has 0 spiro atoms. The number of nitrogens with one attached hydrogen (secondary N) is 3. The summed E-state index contributed by atoms with van der Waals surface area (Å²) in [7, 11) is 1.73. The van der Waals surface area contributed by atoms with Crippen LogP contribution in [-0.4, -0.2) is 28.0 Å². The van der Waals surface area contributed by atoms with Crippen molar-refractivity contribution in [3.8, 4) is 11.3 Å². The van der Waals surface area contributed by atoms with Gasteiger partial charge in [-0.1, -0.05) is 51.1 Å². The van der Waals surface area contributed by atoms with E-state index in [0.29, 0.717) is 24.9 Å². The van der Waals surface area contributed by atoms with Crippen LogP contribution >= 0.6 is 0 Å². The molecule has 1 aromatic carbocycles. The van der Waals surface area contributed by atoms with E-state index < -0.39 is 0 Å². The highest BCUT2D eigenvalue weighted by Crippen LogP contribution is 2.22. The van der Waals surface area contributed by atoms with Crippen molar-refractivity contribution in [2.24, 2.45) is 4.99 Å². The second kappa shape index (κ2) is 8.07. The van der Waals surface area contributed by atoms with Gasteiger partial charge >= 0.3 is 0 Å². The fraction of sp³-hybridized carbons (Fsp3) is 0.350. The van der Waals surface area contributed by atoms with Gasteiger partial charge < -0.3 is 20.0 Å². The van der Waals surface area contributed by atoms with Crippen molar-refractivity contribution in [2.75, 3.05) is 7.05 Å². The lowest BCUT2D eigenvalue weighted by molar-refractivity contribution is 0.379. The third-order valence-corrected chi connectivity index (χ3v) is 4.06. The van der Waals surface area contributed by atoms with Crippen molar-refractivity contribution in [2.45, 2.75) is 39.3 Å². The first-order valence-corrected chi connectivity index (χ1v) is 8.94. The Kier molecular flexibility index (Phi) is 5.59. The molecule has 2 aromatic heterocycles. The molecule has 0 atom stereocenters. The van der Waals surface area contributed by atoms with E-state index in [1.54, 1.807) is 13.2 Å². The highest BCUT2D eigenvalue weighted by molar-refractivity contribution is 5.79. The predicted octanol–water partition coefficient (Wildman–Crippen LogP) is 3.23. The third-order valence-electron chi connectivity index (χ3n) is 4.06. The molecule has 0 amide bonds. The second-order valence-corrected chi connectivity index (χ2v) is 7.26. The second-order valence-electron chi connectivity index (χ2n) is 7.26. The van der Waals surface area contributed by atoms with E-state index in [-0.39, 0.29) is 5.41 Å². The molecule has 0 aliphatic rings. The normalized spacial score (nSPS) is 12.2. The standard InChI is InChI=1S/C20H26N6O/c1-20(2,3)16-11-23-18(27-16)13-25-19(21-4)24-12-17-22-10-15(26-17)14-8-6-5-7-9-14/h5-11H,12-13H2,1-4H3,(H,22,26)(H2,21,24,25). The fourth-order valence-electron chi connectivity index (χ4n) is 2.50. The Bertz CT molecular complexity index is 889. The number of aliphatic imine (C=N–C) groups is 1. The number of H-pyrrole nitrogens is 1. The summed E-state index contributed by atoms with van der Waals surface area (Å²) in [4.78, 5) is 16.3. The molecule has 0 radical (unpaired) electrons. The minimum absolute atomic E-state index is 0.0546. The van der Waals surface area contributed by atoms with Crippen LogP contribution in [0.1, 0.15) is 38.2 Å². The smallest absolute Gasteiger partial charge is 0.213 e. The molecule has 142 valence electrons. The first-order valence-electron chi connectivity index (χ1n) is 8.94. The van der Waals surface area contributed by atoms with Gasteiger partial charge in [-0.25, -0.2) is 9.97 Å². The number of aromatic nitrogens is 3. The van der Waals surface area contributed by atoms with Gasteiger partial charge in [-0.05, 0) is 5.56 Å². The van der Waals surface area contributed by atoms with Gasteiger partial charge in [0.05, 0.1) is 31.2 Å². The van der Waals surface area contributed by atoms with E-state index in [1.807, 2.05) is 36.5 Å². The first-order chi connectivity index (χ1) is 13.0. The number of nitrogens with zero attached hydrogens (tertiary/aromatic N) is 3. The lowest BCUT2D eigenvalue weighted by Gasteiger charge is -2.13. The Labute approximate surface area is 159 Å². The summed E-state index contributed by atoms with van der Waals surface area (Å²) in [6.07, 6.45) is 3.62. The molecular formula is C20H26N6O. The molecule has 0 bridgehead atoms. The largest absolute Gasteiger partial charge is 0.443 e. The SMILES string of the molecule is CN=C(NCc1ncc(-c2ccccc2)[nH]1)NCc1ncc(C(C)(C)C)o1. The summed E-state index contributed by atoms with van der Waals surface area (Å²) in [6, 6.07) is 10.1. The number of imidazole rings is 1. The fourth-order valence-corrected chi connectivity index (χ4v) is 2.50. The van der Waals surface area contributed by atoms with Crippen LogP contribution in [0.25, 0.3) is 11.3 Å². The van der Waals surface area contributed by atoms with Crippen LogP contribution < -0.4 is 10.6 Å². The molecule has 27 heavy (non-hydrogen) atoms. The van der Waals surface area contributed by atoms with E-state index in [9.17, 15) is 0 Å². The number of benzene rings is 1. The van der Waals surface area contributed by atoms with Crippen LogP contribution in [0.2, 0.25) is 0 Å². The average molecular weight is 366 g/mol. The van der Waals surface area contributed by atoms with Gasteiger partial charge in [0.2, 0.25) is 5.89 Å². The molecule has 7 heteroatoms. The van der Waals surface area contributed by atoms with Gasteiger partial charge in [0.25, 0.3) is 0 Å². The van der Waals surface area contributed by atoms with E-state index >= 15 is 0 Å². The topological polar surface area (TPSA) is 91.1 Å². The Balaban J connectivity index is 1.52. The van der Waals surface area contributed by atoms with Crippen LogP contribution in [-0.2, 0) is 18.5 Å². The molecule has 0 fully saturated rings. The maximum absolute atomic E-state index is 5.78. The molecule has 0 unspecified atom stereocenters. The van der Waals surface area contributed by atoms with Crippen molar-refractivity contribution in [3.63, 3.8) is 0 Å². The third kappa shape index (κ3) is 4.97. The van der Waals surface area contributed by atoms with Crippen molar-refractivity contribution < 1.29 is 4.42 Å². The molecule has 0 saturated carbocycles. The van der Waals surface area contributed by atoms with E-state index in [4.69, 9.17) is 4.42 Å².